The van der Waals surface area contributed by atoms with Crippen LogP contribution in [0, 0.1) is 17.0 Å². The monoisotopic (exact) mass is 359 g/mol. The van der Waals surface area contributed by atoms with E-state index in [0.717, 1.165) is 12.1 Å². The maximum Gasteiger partial charge on any atom is 0.338 e. The highest BCUT2D eigenvalue weighted by molar-refractivity contribution is 7.89. The molecule has 1 atom stereocenters. The molecule has 9 nitrogen and oxygen atoms in total. The van der Waals surface area contributed by atoms with Gasteiger partial charge >= 0.3 is 5.97 Å². The van der Waals surface area contributed by atoms with Crippen molar-refractivity contribution in [1.82, 2.24) is 4.72 Å². The van der Waals surface area contributed by atoms with Crippen molar-refractivity contribution in [3.8, 4) is 0 Å². The third kappa shape index (κ3) is 4.98. The van der Waals surface area contributed by atoms with E-state index in [-0.39, 0.29) is 35.2 Å². The number of benzene rings is 1. The first-order valence-electron chi connectivity index (χ1n) is 7.31. The highest BCUT2D eigenvalue weighted by Gasteiger charge is 2.26. The Morgan fingerprint density at radius 3 is 2.58 bits per heavy atom. The zero-order valence-corrected chi connectivity index (χ0v) is 14.6. The highest BCUT2D eigenvalue weighted by atomic mass is 32.2. The van der Waals surface area contributed by atoms with Gasteiger partial charge < -0.3 is 10.5 Å². The van der Waals surface area contributed by atoms with Crippen LogP contribution >= 0.6 is 0 Å². The van der Waals surface area contributed by atoms with Crippen LogP contribution < -0.4 is 10.5 Å². The summed E-state index contributed by atoms with van der Waals surface area (Å²) in [5.74, 6) is -0.814. The molecule has 0 aliphatic heterocycles. The number of rotatable bonds is 8. The van der Waals surface area contributed by atoms with Gasteiger partial charge in [0, 0.05) is 24.2 Å². The zero-order chi connectivity index (χ0) is 18.5. The van der Waals surface area contributed by atoms with Crippen molar-refractivity contribution < 1.29 is 22.9 Å². The average Bonchev–Trinajstić information content (AvgIpc) is 2.46. The second-order valence-electron chi connectivity index (χ2n) is 5.26. The summed E-state index contributed by atoms with van der Waals surface area (Å²) < 4.78 is 31.8. The van der Waals surface area contributed by atoms with E-state index < -0.39 is 26.6 Å². The van der Waals surface area contributed by atoms with Gasteiger partial charge in [-0.2, -0.15) is 0 Å². The molecular weight excluding hydrogens is 338 g/mol. The van der Waals surface area contributed by atoms with Gasteiger partial charge in [-0.15, -0.1) is 0 Å². The van der Waals surface area contributed by atoms with E-state index >= 15 is 0 Å². The molecule has 0 saturated heterocycles. The summed E-state index contributed by atoms with van der Waals surface area (Å²) in [6.07, 6.45) is 0.401. The van der Waals surface area contributed by atoms with Gasteiger partial charge in [-0.1, -0.05) is 0 Å². The van der Waals surface area contributed by atoms with Crippen molar-refractivity contribution >= 4 is 21.7 Å². The summed E-state index contributed by atoms with van der Waals surface area (Å²) in [4.78, 5) is 22.0. The standard InChI is InChI=1S/C14H21N3O6S/c1-4-23-14(18)12-7-11(8-13(10(12)3)17(19)20)24(21,22)16-6-5-9(2)15/h7-9,16H,4-6,15H2,1-3H3. The number of ether oxygens (including phenoxy) is 1. The fourth-order valence-corrected chi connectivity index (χ4v) is 3.04. The van der Waals surface area contributed by atoms with Crippen LogP contribution in [-0.4, -0.2) is 38.5 Å². The van der Waals surface area contributed by atoms with Gasteiger partial charge in [-0.25, -0.2) is 17.9 Å². The number of sulfonamides is 1. The van der Waals surface area contributed by atoms with Gasteiger partial charge in [0.1, 0.15) is 0 Å². The van der Waals surface area contributed by atoms with Gasteiger partial charge in [0.05, 0.1) is 22.0 Å². The van der Waals surface area contributed by atoms with Gasteiger partial charge in [0.2, 0.25) is 10.0 Å². The number of esters is 1. The van der Waals surface area contributed by atoms with Crippen LogP contribution in [0.4, 0.5) is 5.69 Å². The molecule has 0 bridgehead atoms. The Balaban J connectivity index is 3.32. The maximum atomic E-state index is 12.3. The van der Waals surface area contributed by atoms with E-state index in [1.807, 2.05) is 0 Å². The summed E-state index contributed by atoms with van der Waals surface area (Å²) in [6.45, 7) is 4.82. The normalized spacial score (nSPS) is 12.7. The fraction of sp³-hybridized carbons (Fsp3) is 0.500. The van der Waals surface area contributed by atoms with Crippen molar-refractivity contribution in [3.63, 3.8) is 0 Å². The summed E-state index contributed by atoms with van der Waals surface area (Å²) in [6, 6.07) is 1.80. The Bertz CT molecular complexity index is 730. The fourth-order valence-electron chi connectivity index (χ4n) is 1.94. The summed E-state index contributed by atoms with van der Waals surface area (Å²) in [7, 11) is -4.02. The molecule has 0 saturated carbocycles. The predicted octanol–water partition coefficient (Wildman–Crippen LogP) is 1.10. The number of nitrogens with two attached hydrogens (primary N) is 1. The Kier molecular flexibility index (Phi) is 6.81. The number of nitro groups is 1. The number of nitro benzene ring substituents is 1. The van der Waals surface area contributed by atoms with Crippen LogP contribution in [0.3, 0.4) is 0 Å². The van der Waals surface area contributed by atoms with Gasteiger partial charge in [-0.3, -0.25) is 10.1 Å². The molecule has 0 spiro atoms. The van der Waals surface area contributed by atoms with Crippen LogP contribution in [0.5, 0.6) is 0 Å². The second-order valence-corrected chi connectivity index (χ2v) is 7.02. The molecule has 10 heteroatoms. The SMILES string of the molecule is CCOC(=O)c1cc(S(=O)(=O)NCCC(C)N)cc([N+](=O)[O-])c1C. The quantitative estimate of drug-likeness (QED) is 0.402. The maximum absolute atomic E-state index is 12.3. The summed E-state index contributed by atoms with van der Waals surface area (Å²) in [5, 5.41) is 11.2. The largest absolute Gasteiger partial charge is 0.462 e. The van der Waals surface area contributed by atoms with E-state index in [1.165, 1.54) is 6.92 Å². The van der Waals surface area contributed by atoms with E-state index in [4.69, 9.17) is 10.5 Å². The molecule has 0 aliphatic carbocycles. The lowest BCUT2D eigenvalue weighted by Crippen LogP contribution is -2.29. The van der Waals surface area contributed by atoms with Gasteiger partial charge in [-0.05, 0) is 33.3 Å². The molecule has 3 N–H and O–H groups in total. The highest BCUT2D eigenvalue weighted by Crippen LogP contribution is 2.27. The average molecular weight is 359 g/mol. The summed E-state index contributed by atoms with van der Waals surface area (Å²) >= 11 is 0. The van der Waals surface area contributed by atoms with E-state index in [2.05, 4.69) is 4.72 Å². The van der Waals surface area contributed by atoms with Crippen molar-refractivity contribution in [2.24, 2.45) is 5.73 Å². The smallest absolute Gasteiger partial charge is 0.338 e. The van der Waals surface area contributed by atoms with Crippen molar-refractivity contribution in [2.45, 2.75) is 38.1 Å². The van der Waals surface area contributed by atoms with Crippen LogP contribution in [-0.2, 0) is 14.8 Å². The summed E-state index contributed by atoms with van der Waals surface area (Å²) in [5.41, 5.74) is 4.99. The van der Waals surface area contributed by atoms with Gasteiger partial charge in [0.25, 0.3) is 5.69 Å². The van der Waals surface area contributed by atoms with E-state index in [9.17, 15) is 23.3 Å². The zero-order valence-electron chi connectivity index (χ0n) is 13.7. The van der Waals surface area contributed by atoms with Gasteiger partial charge in [0.15, 0.2) is 0 Å². The Morgan fingerprint density at radius 2 is 2.08 bits per heavy atom. The van der Waals surface area contributed by atoms with Crippen molar-refractivity contribution in [3.05, 3.63) is 33.4 Å². The van der Waals surface area contributed by atoms with Crippen LogP contribution in [0.1, 0.15) is 36.2 Å². The third-order valence-electron chi connectivity index (χ3n) is 3.25. The van der Waals surface area contributed by atoms with Crippen molar-refractivity contribution in [1.29, 1.82) is 0 Å². The third-order valence-corrected chi connectivity index (χ3v) is 4.69. The Labute approximate surface area is 140 Å². The van der Waals surface area contributed by atoms with Crippen LogP contribution in [0.15, 0.2) is 17.0 Å². The molecule has 0 aromatic heterocycles. The minimum absolute atomic E-state index is 0.0491. The molecule has 0 amide bonds. The molecule has 24 heavy (non-hydrogen) atoms. The molecule has 1 rings (SSSR count). The predicted molar refractivity (Wildman–Crippen MR) is 87.2 cm³/mol. The van der Waals surface area contributed by atoms with E-state index in [0.29, 0.717) is 6.42 Å². The minimum Gasteiger partial charge on any atom is -0.462 e. The molecule has 0 radical (unpaired) electrons. The number of nitrogens with zero attached hydrogens (tertiary/aromatic N) is 1. The van der Waals surface area contributed by atoms with Crippen molar-refractivity contribution in [2.75, 3.05) is 13.2 Å². The number of hydrogen-bond donors (Lipinski definition) is 2. The van der Waals surface area contributed by atoms with Crippen LogP contribution in [0.2, 0.25) is 0 Å². The lowest BCUT2D eigenvalue weighted by molar-refractivity contribution is -0.385. The lowest BCUT2D eigenvalue weighted by Gasteiger charge is -2.11. The minimum atomic E-state index is -4.02. The molecule has 134 valence electrons. The number of hydrogen-bond acceptors (Lipinski definition) is 7. The lowest BCUT2D eigenvalue weighted by atomic mass is 10.1. The molecule has 1 unspecified atom stereocenters. The Hall–Kier alpha value is -2.04. The number of carbonyl (C=O) groups excluding carboxylic acids is 1. The second kappa shape index (κ2) is 8.18. The van der Waals surface area contributed by atoms with E-state index in [1.54, 1.807) is 13.8 Å². The number of carbonyl (C=O) groups is 1. The molecule has 0 fully saturated rings. The number of nitrogens with one attached hydrogen (secondary N) is 1. The molecule has 1 aromatic carbocycles. The topological polar surface area (TPSA) is 142 Å². The first kappa shape index (κ1) is 20.0. The molecule has 0 aliphatic rings. The Morgan fingerprint density at radius 1 is 1.46 bits per heavy atom. The van der Waals surface area contributed by atoms with Crippen LogP contribution in [0.25, 0.3) is 0 Å². The first-order valence-corrected chi connectivity index (χ1v) is 8.79. The molecule has 0 heterocycles. The first-order chi connectivity index (χ1) is 11.1. The molecule has 1 aromatic rings. The molecular formula is C14H21N3O6S.